The lowest BCUT2D eigenvalue weighted by molar-refractivity contribution is -0.385. The Morgan fingerprint density at radius 2 is 1.42 bits per heavy atom. The average Bonchev–Trinajstić information content (AvgIpc) is 3.01. The van der Waals surface area contributed by atoms with Crippen LogP contribution < -0.4 is 15.5 Å². The van der Waals surface area contributed by atoms with E-state index in [1.165, 1.54) is 42.5 Å². The van der Waals surface area contributed by atoms with E-state index >= 15 is 0 Å². The van der Waals surface area contributed by atoms with Crippen LogP contribution in [0.3, 0.4) is 0 Å². The van der Waals surface area contributed by atoms with Crippen molar-refractivity contribution in [2.24, 2.45) is 5.10 Å². The van der Waals surface area contributed by atoms with Crippen LogP contribution in [0.25, 0.3) is 6.08 Å². The van der Waals surface area contributed by atoms with Gasteiger partial charge in [0.05, 0.1) is 16.1 Å². The summed E-state index contributed by atoms with van der Waals surface area (Å²) in [4.78, 5) is 58.2. The Hall–Kier alpha value is -6.50. The van der Waals surface area contributed by atoms with Crippen LogP contribution in [0.15, 0.2) is 108 Å². The number of benzene rings is 4. The van der Waals surface area contributed by atoms with Gasteiger partial charge in [-0.1, -0.05) is 30.3 Å². The van der Waals surface area contributed by atoms with Gasteiger partial charge < -0.3 is 10.1 Å². The van der Waals surface area contributed by atoms with Crippen LogP contribution in [0.2, 0.25) is 0 Å². The third-order valence-corrected chi connectivity index (χ3v) is 5.72. The predicted molar refractivity (Wildman–Crippen MR) is 157 cm³/mol. The molecule has 0 saturated heterocycles. The summed E-state index contributed by atoms with van der Waals surface area (Å²) in [5, 5.41) is 28.7. The molecule has 43 heavy (non-hydrogen) atoms. The number of nitrogens with one attached hydrogen (secondary N) is 2. The monoisotopic (exact) mass is 579 g/mol. The molecule has 214 valence electrons. The molecule has 0 spiro atoms. The molecule has 0 bridgehead atoms. The summed E-state index contributed by atoms with van der Waals surface area (Å²) >= 11 is 0. The zero-order chi connectivity index (χ0) is 30.8. The van der Waals surface area contributed by atoms with Crippen molar-refractivity contribution in [1.29, 1.82) is 0 Å². The summed E-state index contributed by atoms with van der Waals surface area (Å²) < 4.78 is 5.28. The number of hydrogen-bond donors (Lipinski definition) is 2. The maximum absolute atomic E-state index is 12.6. The maximum atomic E-state index is 12.6. The summed E-state index contributed by atoms with van der Waals surface area (Å²) in [7, 11) is 0. The van der Waals surface area contributed by atoms with Gasteiger partial charge in [-0.15, -0.1) is 0 Å². The SMILES string of the molecule is O=C(/C=C/c1cccc([N+](=O)[O-])c1)Oc1ccc([N+](=O)[O-])cc1/C=N/NC(=O)c1ccc(NC(=O)c2ccccc2)cc1. The van der Waals surface area contributed by atoms with E-state index < -0.39 is 21.7 Å². The third-order valence-electron chi connectivity index (χ3n) is 5.72. The summed E-state index contributed by atoms with van der Waals surface area (Å²) in [5.41, 5.74) is 3.38. The number of non-ortho nitro benzene ring substituents is 2. The number of ether oxygens (including phenoxy) is 1. The number of amides is 2. The van der Waals surface area contributed by atoms with E-state index in [1.807, 2.05) is 0 Å². The van der Waals surface area contributed by atoms with Crippen molar-refractivity contribution in [1.82, 2.24) is 5.43 Å². The Kier molecular flexibility index (Phi) is 9.41. The van der Waals surface area contributed by atoms with Gasteiger partial charge in [0.1, 0.15) is 5.75 Å². The first kappa shape index (κ1) is 29.5. The van der Waals surface area contributed by atoms with Gasteiger partial charge in [0.15, 0.2) is 0 Å². The molecule has 0 heterocycles. The number of anilines is 1. The predicted octanol–water partition coefficient (Wildman–Crippen LogP) is 5.14. The number of nitro benzene ring substituents is 2. The van der Waals surface area contributed by atoms with Gasteiger partial charge in [-0.25, -0.2) is 10.2 Å². The number of hydrogen-bond acceptors (Lipinski definition) is 9. The highest BCUT2D eigenvalue weighted by molar-refractivity contribution is 6.04. The average molecular weight is 580 g/mol. The summed E-state index contributed by atoms with van der Waals surface area (Å²) in [6.07, 6.45) is 3.43. The molecule has 13 heteroatoms. The minimum Gasteiger partial charge on any atom is -0.423 e. The standard InChI is InChI=1S/C30H21N5O8/c36-28(16-9-20-5-4-8-25(17-20)34(39)40)43-27-15-14-26(35(41)42)18-23(27)19-31-33-30(38)22-10-12-24(13-11-22)32-29(37)21-6-2-1-3-7-21/h1-19H,(H,32,37)(H,33,38)/b16-9+,31-19+. The number of nitrogens with zero attached hydrogens (tertiary/aromatic N) is 3. The number of nitro groups is 2. The molecule has 0 aliphatic heterocycles. The molecule has 2 amide bonds. The molecule has 0 atom stereocenters. The third kappa shape index (κ3) is 8.25. The van der Waals surface area contributed by atoms with Crippen LogP contribution in [0.4, 0.5) is 17.1 Å². The van der Waals surface area contributed by atoms with Crippen molar-refractivity contribution in [2.45, 2.75) is 0 Å². The lowest BCUT2D eigenvalue weighted by Gasteiger charge is -2.07. The quantitative estimate of drug-likeness (QED) is 0.0646. The second-order valence-corrected chi connectivity index (χ2v) is 8.68. The minimum absolute atomic E-state index is 0.0190. The molecule has 0 unspecified atom stereocenters. The Morgan fingerprint density at radius 1 is 0.744 bits per heavy atom. The van der Waals surface area contributed by atoms with Crippen molar-refractivity contribution in [3.8, 4) is 5.75 Å². The molecule has 0 aliphatic rings. The zero-order valence-electron chi connectivity index (χ0n) is 22.1. The minimum atomic E-state index is -0.863. The Balaban J connectivity index is 1.41. The fourth-order valence-corrected chi connectivity index (χ4v) is 3.61. The summed E-state index contributed by atoms with van der Waals surface area (Å²) in [6.45, 7) is 0. The largest absolute Gasteiger partial charge is 0.423 e. The lowest BCUT2D eigenvalue weighted by Crippen LogP contribution is -2.18. The van der Waals surface area contributed by atoms with Gasteiger partial charge in [-0.2, -0.15) is 5.10 Å². The van der Waals surface area contributed by atoms with Crippen LogP contribution in [0.1, 0.15) is 31.8 Å². The molecular weight excluding hydrogens is 558 g/mol. The van der Waals surface area contributed by atoms with Crippen molar-refractivity contribution >= 4 is 47.1 Å². The van der Waals surface area contributed by atoms with Crippen LogP contribution in [0, 0.1) is 20.2 Å². The first-order chi connectivity index (χ1) is 20.7. The number of hydrazone groups is 1. The van der Waals surface area contributed by atoms with E-state index in [1.54, 1.807) is 48.5 Å². The topological polar surface area (TPSA) is 183 Å². The molecule has 4 aromatic carbocycles. The Bertz CT molecular complexity index is 1750. The molecular formula is C30H21N5O8. The van der Waals surface area contributed by atoms with Crippen molar-refractivity contribution in [3.05, 3.63) is 146 Å². The molecule has 0 aliphatic carbocycles. The fourth-order valence-electron chi connectivity index (χ4n) is 3.61. The van der Waals surface area contributed by atoms with E-state index in [4.69, 9.17) is 4.74 Å². The smallest absolute Gasteiger partial charge is 0.336 e. The molecule has 13 nitrogen and oxygen atoms in total. The number of rotatable bonds is 10. The van der Waals surface area contributed by atoms with Gasteiger partial charge in [-0.3, -0.25) is 29.8 Å². The van der Waals surface area contributed by atoms with Gasteiger partial charge in [0.25, 0.3) is 23.2 Å². The van der Waals surface area contributed by atoms with Gasteiger partial charge in [0.2, 0.25) is 0 Å². The molecule has 4 aromatic rings. The zero-order valence-corrected chi connectivity index (χ0v) is 22.1. The van der Waals surface area contributed by atoms with E-state index in [2.05, 4.69) is 15.8 Å². The van der Waals surface area contributed by atoms with Crippen LogP contribution in [0.5, 0.6) is 5.75 Å². The highest BCUT2D eigenvalue weighted by Crippen LogP contribution is 2.23. The van der Waals surface area contributed by atoms with Crippen LogP contribution in [-0.4, -0.2) is 33.8 Å². The van der Waals surface area contributed by atoms with Gasteiger partial charge in [-0.05, 0) is 54.1 Å². The van der Waals surface area contributed by atoms with Crippen molar-refractivity contribution in [3.63, 3.8) is 0 Å². The Morgan fingerprint density at radius 3 is 2.12 bits per heavy atom. The first-order valence-electron chi connectivity index (χ1n) is 12.4. The highest BCUT2D eigenvalue weighted by atomic mass is 16.6. The van der Waals surface area contributed by atoms with E-state index in [0.717, 1.165) is 24.4 Å². The molecule has 0 saturated carbocycles. The van der Waals surface area contributed by atoms with E-state index in [9.17, 15) is 34.6 Å². The molecule has 0 radical (unpaired) electrons. The summed E-state index contributed by atoms with van der Waals surface area (Å²) in [5.74, 6) is -1.87. The number of esters is 1. The van der Waals surface area contributed by atoms with Gasteiger partial charge in [0, 0.05) is 52.7 Å². The highest BCUT2D eigenvalue weighted by Gasteiger charge is 2.14. The number of carbonyl (C=O) groups is 3. The normalized spacial score (nSPS) is 10.8. The van der Waals surface area contributed by atoms with Crippen LogP contribution in [-0.2, 0) is 4.79 Å². The van der Waals surface area contributed by atoms with E-state index in [-0.39, 0.29) is 34.2 Å². The second-order valence-electron chi connectivity index (χ2n) is 8.68. The fraction of sp³-hybridized carbons (Fsp3) is 0. The molecule has 0 fully saturated rings. The summed E-state index contributed by atoms with van der Waals surface area (Å²) in [6, 6.07) is 23.6. The number of carbonyl (C=O) groups excluding carboxylic acids is 3. The first-order valence-corrected chi connectivity index (χ1v) is 12.4. The van der Waals surface area contributed by atoms with Gasteiger partial charge >= 0.3 is 5.97 Å². The van der Waals surface area contributed by atoms with Crippen LogP contribution >= 0.6 is 0 Å². The molecule has 2 N–H and O–H groups in total. The molecule has 0 aromatic heterocycles. The maximum Gasteiger partial charge on any atom is 0.336 e. The Labute approximate surface area is 243 Å². The lowest BCUT2D eigenvalue weighted by atomic mass is 10.1. The van der Waals surface area contributed by atoms with Crippen molar-refractivity contribution < 1.29 is 29.0 Å². The second kappa shape index (κ2) is 13.7. The van der Waals surface area contributed by atoms with Crippen molar-refractivity contribution in [2.75, 3.05) is 5.32 Å². The van der Waals surface area contributed by atoms with E-state index in [0.29, 0.717) is 16.8 Å². The molecule has 4 rings (SSSR count).